The van der Waals surface area contributed by atoms with Crippen molar-refractivity contribution in [2.24, 2.45) is 0 Å². The molecular weight excluding hydrogens is 144 g/mol. The van der Waals surface area contributed by atoms with Crippen LogP contribution in [0.15, 0.2) is 0 Å². The second kappa shape index (κ2) is 5.60. The quantitative estimate of drug-likeness (QED) is 0.459. The largest absolute Gasteiger partial charge is 0.509 e. The number of hydrogen-bond acceptors (Lipinski definition) is 3. The molecule has 0 radical (unpaired) electrons. The molecule has 0 amide bonds. The number of carbonyl (C=O) groups excluding carboxylic acids is 1. The van der Waals surface area contributed by atoms with Crippen LogP contribution in [-0.4, -0.2) is 18.9 Å². The molecule has 0 aliphatic carbocycles. The molecule has 0 N–H and O–H groups in total. The molecule has 11 heavy (non-hydrogen) atoms. The first-order valence-electron chi connectivity index (χ1n) is 3.54. The highest BCUT2D eigenvalue weighted by Gasteiger charge is 2.08. The maximum atomic E-state index is 10.6. The summed E-state index contributed by atoms with van der Waals surface area (Å²) in [4.78, 5) is 10.6. The van der Waals surface area contributed by atoms with E-state index in [-0.39, 0.29) is 0 Å². The van der Waals surface area contributed by atoms with Crippen LogP contribution >= 0.6 is 0 Å². The van der Waals surface area contributed by atoms with Crippen LogP contribution in [0.4, 0.5) is 4.79 Å². The van der Waals surface area contributed by atoms with Crippen LogP contribution in [0.25, 0.3) is 0 Å². The first-order chi connectivity index (χ1) is 5.24. The molecule has 0 aromatic heterocycles. The Morgan fingerprint density at radius 2 is 2.27 bits per heavy atom. The van der Waals surface area contributed by atoms with E-state index >= 15 is 0 Å². The first-order valence-corrected chi connectivity index (χ1v) is 3.54. The van der Waals surface area contributed by atoms with Gasteiger partial charge in [-0.05, 0) is 13.3 Å². The molecule has 0 bridgehead atoms. The highest BCUT2D eigenvalue weighted by atomic mass is 16.7. The van der Waals surface area contributed by atoms with E-state index in [2.05, 4.69) is 10.7 Å². The van der Waals surface area contributed by atoms with Gasteiger partial charge in [-0.2, -0.15) is 0 Å². The van der Waals surface area contributed by atoms with Crippen molar-refractivity contribution in [2.75, 3.05) is 6.61 Å². The van der Waals surface area contributed by atoms with Crippen molar-refractivity contribution in [1.29, 1.82) is 0 Å². The minimum Gasteiger partial charge on any atom is -0.435 e. The van der Waals surface area contributed by atoms with Crippen LogP contribution in [0.2, 0.25) is 0 Å². The van der Waals surface area contributed by atoms with E-state index in [1.165, 1.54) is 0 Å². The van der Waals surface area contributed by atoms with Gasteiger partial charge in [0.1, 0.15) is 0 Å². The second-order valence-electron chi connectivity index (χ2n) is 1.86. The molecule has 0 heterocycles. The van der Waals surface area contributed by atoms with Gasteiger partial charge in [-0.15, -0.1) is 6.42 Å². The highest BCUT2D eigenvalue weighted by Crippen LogP contribution is 1.97. The van der Waals surface area contributed by atoms with Crippen LogP contribution in [0.5, 0.6) is 0 Å². The van der Waals surface area contributed by atoms with Crippen molar-refractivity contribution in [2.45, 2.75) is 26.4 Å². The fourth-order valence-electron chi connectivity index (χ4n) is 0.503. The van der Waals surface area contributed by atoms with Crippen molar-refractivity contribution in [3.05, 3.63) is 0 Å². The molecule has 0 spiro atoms. The number of carbonyl (C=O) groups is 1. The zero-order valence-electron chi connectivity index (χ0n) is 6.79. The monoisotopic (exact) mass is 156 g/mol. The van der Waals surface area contributed by atoms with Gasteiger partial charge in [0.25, 0.3) is 0 Å². The summed E-state index contributed by atoms with van der Waals surface area (Å²) in [5.74, 6) is 2.32. The summed E-state index contributed by atoms with van der Waals surface area (Å²) < 4.78 is 9.21. The lowest BCUT2D eigenvalue weighted by molar-refractivity contribution is 0.0422. The predicted octanol–water partition coefficient (Wildman–Crippen LogP) is 1.57. The van der Waals surface area contributed by atoms with Gasteiger partial charge >= 0.3 is 6.16 Å². The Morgan fingerprint density at radius 3 is 2.64 bits per heavy atom. The average Bonchev–Trinajstić information content (AvgIpc) is 2.01. The van der Waals surface area contributed by atoms with E-state index in [0.717, 1.165) is 0 Å². The molecule has 1 atom stereocenters. The third kappa shape index (κ3) is 4.26. The van der Waals surface area contributed by atoms with Crippen LogP contribution in [-0.2, 0) is 9.47 Å². The van der Waals surface area contributed by atoms with E-state index in [9.17, 15) is 4.79 Å². The Bertz CT molecular complexity index is 157. The normalized spacial score (nSPS) is 11.4. The molecule has 62 valence electrons. The molecule has 0 rings (SSSR count). The second-order valence-corrected chi connectivity index (χ2v) is 1.86. The van der Waals surface area contributed by atoms with Gasteiger partial charge in [0.05, 0.1) is 6.61 Å². The van der Waals surface area contributed by atoms with E-state index in [1.807, 2.05) is 6.92 Å². The molecule has 0 saturated carbocycles. The van der Waals surface area contributed by atoms with Crippen LogP contribution < -0.4 is 0 Å². The van der Waals surface area contributed by atoms with Crippen molar-refractivity contribution in [1.82, 2.24) is 0 Å². The van der Waals surface area contributed by atoms with Crippen molar-refractivity contribution >= 4 is 6.16 Å². The zero-order valence-corrected chi connectivity index (χ0v) is 6.79. The third-order valence-electron chi connectivity index (χ3n) is 1.06. The van der Waals surface area contributed by atoms with Crippen LogP contribution in [0.3, 0.4) is 0 Å². The molecule has 0 saturated heterocycles. The minimum absolute atomic E-state index is 0.305. The summed E-state index contributed by atoms with van der Waals surface area (Å²) >= 11 is 0. The van der Waals surface area contributed by atoms with Gasteiger partial charge in [-0.1, -0.05) is 12.8 Å². The van der Waals surface area contributed by atoms with Crippen LogP contribution in [0.1, 0.15) is 20.3 Å². The van der Waals surface area contributed by atoms with Gasteiger partial charge in [-0.25, -0.2) is 4.79 Å². The molecule has 0 aliphatic rings. The molecule has 3 heteroatoms. The fraction of sp³-hybridized carbons (Fsp3) is 0.625. The predicted molar refractivity (Wildman–Crippen MR) is 41.0 cm³/mol. The summed E-state index contributed by atoms with van der Waals surface area (Å²) in [7, 11) is 0. The average molecular weight is 156 g/mol. The number of ether oxygens (including phenoxy) is 2. The van der Waals surface area contributed by atoms with Gasteiger partial charge in [0.2, 0.25) is 0 Å². The minimum atomic E-state index is -0.697. The lowest BCUT2D eigenvalue weighted by Crippen LogP contribution is -2.16. The standard InChI is InChI=1S/C8H12O3/c1-4-7(5-2)11-8(9)10-6-3/h1,7H,5-6H2,2-3H3. The topological polar surface area (TPSA) is 35.5 Å². The van der Waals surface area contributed by atoms with Gasteiger partial charge in [0.15, 0.2) is 6.10 Å². The third-order valence-corrected chi connectivity index (χ3v) is 1.06. The summed E-state index contributed by atoms with van der Waals surface area (Å²) in [6, 6.07) is 0. The van der Waals surface area contributed by atoms with Crippen molar-refractivity contribution in [3.8, 4) is 12.3 Å². The van der Waals surface area contributed by atoms with Gasteiger partial charge < -0.3 is 9.47 Å². The van der Waals surface area contributed by atoms with Crippen molar-refractivity contribution in [3.63, 3.8) is 0 Å². The Balaban J connectivity index is 3.65. The Morgan fingerprint density at radius 1 is 1.64 bits per heavy atom. The molecule has 0 fully saturated rings. The number of rotatable bonds is 3. The Kier molecular flexibility index (Phi) is 5.01. The number of hydrogen-bond donors (Lipinski definition) is 0. The maximum absolute atomic E-state index is 10.6. The molecule has 0 aliphatic heterocycles. The SMILES string of the molecule is C#CC(CC)OC(=O)OCC. The maximum Gasteiger partial charge on any atom is 0.509 e. The molecule has 0 aromatic carbocycles. The number of terminal acetylenes is 1. The van der Waals surface area contributed by atoms with E-state index in [1.54, 1.807) is 6.92 Å². The first kappa shape index (κ1) is 9.83. The van der Waals surface area contributed by atoms with Crippen molar-refractivity contribution < 1.29 is 14.3 Å². The van der Waals surface area contributed by atoms with Gasteiger partial charge in [-0.3, -0.25) is 0 Å². The zero-order chi connectivity index (χ0) is 8.69. The van der Waals surface area contributed by atoms with Gasteiger partial charge in [0, 0.05) is 0 Å². The smallest absolute Gasteiger partial charge is 0.435 e. The molecule has 3 nitrogen and oxygen atoms in total. The molecular formula is C8H12O3. The molecule has 1 unspecified atom stereocenters. The van der Waals surface area contributed by atoms with E-state index in [0.29, 0.717) is 13.0 Å². The summed E-state index contributed by atoms with van der Waals surface area (Å²) in [5, 5.41) is 0. The lowest BCUT2D eigenvalue weighted by Gasteiger charge is -2.08. The Labute approximate surface area is 66.7 Å². The van der Waals surface area contributed by atoms with Crippen LogP contribution in [0, 0.1) is 12.3 Å². The summed E-state index contributed by atoms with van der Waals surface area (Å²) in [5.41, 5.74) is 0. The Hall–Kier alpha value is -1.17. The summed E-state index contributed by atoms with van der Waals surface area (Å²) in [6.07, 6.45) is 4.49. The highest BCUT2D eigenvalue weighted by molar-refractivity contribution is 5.60. The van der Waals surface area contributed by atoms with E-state index < -0.39 is 12.3 Å². The fourth-order valence-corrected chi connectivity index (χ4v) is 0.503. The lowest BCUT2D eigenvalue weighted by atomic mass is 10.3. The summed E-state index contributed by atoms with van der Waals surface area (Å²) in [6.45, 7) is 3.85. The molecule has 0 aromatic rings. The van der Waals surface area contributed by atoms with E-state index in [4.69, 9.17) is 11.2 Å².